The molecule has 0 aromatic heterocycles. The molecular formula is C11H22N2OS. The molecule has 4 heteroatoms. The van der Waals surface area contributed by atoms with Crippen molar-refractivity contribution in [2.75, 3.05) is 19.7 Å². The Labute approximate surface area is 98.0 Å². The van der Waals surface area contributed by atoms with E-state index in [2.05, 4.69) is 24.5 Å². The van der Waals surface area contributed by atoms with Crippen molar-refractivity contribution in [3.63, 3.8) is 0 Å². The standard InChI is InChI=1S/C11H22N2OS/c1-9(2)7-12-11(15)13-8-10-5-3-4-6-14-10/h9-10H,3-8H2,1-2H3,(H2,12,13,15). The summed E-state index contributed by atoms with van der Waals surface area (Å²) in [5.41, 5.74) is 0. The van der Waals surface area contributed by atoms with Gasteiger partial charge in [-0.25, -0.2) is 0 Å². The van der Waals surface area contributed by atoms with Gasteiger partial charge in [-0.2, -0.15) is 0 Å². The number of hydrogen-bond donors (Lipinski definition) is 2. The predicted molar refractivity (Wildman–Crippen MR) is 67.0 cm³/mol. The highest BCUT2D eigenvalue weighted by molar-refractivity contribution is 7.80. The van der Waals surface area contributed by atoms with Crippen LogP contribution in [0.5, 0.6) is 0 Å². The van der Waals surface area contributed by atoms with Crippen molar-refractivity contribution in [1.82, 2.24) is 10.6 Å². The number of thiocarbonyl (C=S) groups is 1. The molecule has 1 rings (SSSR count). The molecule has 0 aliphatic carbocycles. The fourth-order valence-electron chi connectivity index (χ4n) is 1.53. The lowest BCUT2D eigenvalue weighted by Crippen LogP contribution is -2.42. The highest BCUT2D eigenvalue weighted by atomic mass is 32.1. The van der Waals surface area contributed by atoms with Gasteiger partial charge < -0.3 is 15.4 Å². The molecule has 0 amide bonds. The SMILES string of the molecule is CC(C)CNC(=S)NCC1CCCCO1. The van der Waals surface area contributed by atoms with E-state index in [9.17, 15) is 0 Å². The minimum absolute atomic E-state index is 0.345. The van der Waals surface area contributed by atoms with Crippen LogP contribution in [-0.2, 0) is 4.74 Å². The summed E-state index contributed by atoms with van der Waals surface area (Å²) < 4.78 is 5.60. The molecule has 1 saturated heterocycles. The van der Waals surface area contributed by atoms with Gasteiger partial charge in [0, 0.05) is 19.7 Å². The molecule has 1 heterocycles. The molecule has 88 valence electrons. The first-order valence-electron chi connectivity index (χ1n) is 5.82. The molecule has 0 radical (unpaired) electrons. The fourth-order valence-corrected chi connectivity index (χ4v) is 1.70. The molecule has 1 aliphatic rings. The summed E-state index contributed by atoms with van der Waals surface area (Å²) in [5.74, 6) is 0.621. The molecule has 0 bridgehead atoms. The van der Waals surface area contributed by atoms with Crippen molar-refractivity contribution < 1.29 is 4.74 Å². The molecule has 0 aromatic carbocycles. The minimum atomic E-state index is 0.345. The number of hydrogen-bond acceptors (Lipinski definition) is 2. The Morgan fingerprint density at radius 1 is 1.40 bits per heavy atom. The Morgan fingerprint density at radius 3 is 2.80 bits per heavy atom. The Morgan fingerprint density at radius 2 is 2.20 bits per heavy atom. The zero-order valence-electron chi connectivity index (χ0n) is 9.71. The predicted octanol–water partition coefficient (Wildman–Crippen LogP) is 1.68. The van der Waals surface area contributed by atoms with Crippen LogP contribution in [-0.4, -0.2) is 30.9 Å². The van der Waals surface area contributed by atoms with Gasteiger partial charge >= 0.3 is 0 Å². The zero-order valence-corrected chi connectivity index (χ0v) is 10.5. The third-order valence-corrected chi connectivity index (χ3v) is 2.72. The van der Waals surface area contributed by atoms with Gasteiger partial charge in [0.05, 0.1) is 6.10 Å². The van der Waals surface area contributed by atoms with Crippen molar-refractivity contribution >= 4 is 17.3 Å². The summed E-state index contributed by atoms with van der Waals surface area (Å²) in [6.07, 6.45) is 3.97. The molecular weight excluding hydrogens is 208 g/mol. The normalized spacial score (nSPS) is 21.4. The average Bonchev–Trinajstić information content (AvgIpc) is 2.25. The molecule has 1 fully saturated rings. The Hall–Kier alpha value is -0.350. The molecule has 0 spiro atoms. The van der Waals surface area contributed by atoms with Crippen molar-refractivity contribution in [3.8, 4) is 0 Å². The zero-order chi connectivity index (χ0) is 11.1. The van der Waals surface area contributed by atoms with E-state index in [-0.39, 0.29) is 0 Å². The van der Waals surface area contributed by atoms with E-state index in [0.29, 0.717) is 12.0 Å². The lowest BCUT2D eigenvalue weighted by Gasteiger charge is -2.23. The summed E-state index contributed by atoms with van der Waals surface area (Å²) in [5, 5.41) is 7.14. The molecule has 3 nitrogen and oxygen atoms in total. The second-order valence-corrected chi connectivity index (χ2v) is 4.88. The third-order valence-electron chi connectivity index (χ3n) is 2.44. The smallest absolute Gasteiger partial charge is 0.166 e. The number of ether oxygens (including phenoxy) is 1. The monoisotopic (exact) mass is 230 g/mol. The maximum absolute atomic E-state index is 5.60. The van der Waals surface area contributed by atoms with Crippen LogP contribution in [0.15, 0.2) is 0 Å². The van der Waals surface area contributed by atoms with Gasteiger partial charge in [-0.05, 0) is 37.4 Å². The molecule has 1 unspecified atom stereocenters. The summed E-state index contributed by atoms with van der Waals surface area (Å²) in [7, 11) is 0. The Balaban J connectivity index is 2.05. The summed E-state index contributed by atoms with van der Waals surface area (Å²) in [6, 6.07) is 0. The molecule has 2 N–H and O–H groups in total. The minimum Gasteiger partial charge on any atom is -0.376 e. The molecule has 15 heavy (non-hydrogen) atoms. The average molecular weight is 230 g/mol. The van der Waals surface area contributed by atoms with E-state index >= 15 is 0 Å². The van der Waals surface area contributed by atoms with Crippen molar-refractivity contribution in [3.05, 3.63) is 0 Å². The van der Waals surface area contributed by atoms with Gasteiger partial charge in [0.1, 0.15) is 0 Å². The molecule has 0 aromatic rings. The van der Waals surface area contributed by atoms with E-state index in [1.54, 1.807) is 0 Å². The van der Waals surface area contributed by atoms with Gasteiger partial charge in [-0.1, -0.05) is 13.8 Å². The molecule has 1 aliphatic heterocycles. The summed E-state index contributed by atoms with van der Waals surface area (Å²) in [6.45, 7) is 7.00. The van der Waals surface area contributed by atoms with E-state index in [4.69, 9.17) is 17.0 Å². The van der Waals surface area contributed by atoms with Crippen LogP contribution in [0.3, 0.4) is 0 Å². The van der Waals surface area contributed by atoms with Gasteiger partial charge in [0.15, 0.2) is 5.11 Å². The van der Waals surface area contributed by atoms with Crippen molar-refractivity contribution in [1.29, 1.82) is 0 Å². The van der Waals surface area contributed by atoms with Crippen molar-refractivity contribution in [2.24, 2.45) is 5.92 Å². The fraction of sp³-hybridized carbons (Fsp3) is 0.909. The quantitative estimate of drug-likeness (QED) is 0.720. The lowest BCUT2D eigenvalue weighted by molar-refractivity contribution is 0.0195. The van der Waals surface area contributed by atoms with E-state index < -0.39 is 0 Å². The van der Waals surface area contributed by atoms with Crippen LogP contribution in [0, 0.1) is 5.92 Å². The molecule has 0 saturated carbocycles. The third kappa shape index (κ3) is 5.95. The van der Waals surface area contributed by atoms with Crippen LogP contribution in [0.1, 0.15) is 33.1 Å². The van der Waals surface area contributed by atoms with Gasteiger partial charge in [-0.15, -0.1) is 0 Å². The van der Waals surface area contributed by atoms with Gasteiger partial charge in [0.2, 0.25) is 0 Å². The highest BCUT2D eigenvalue weighted by Gasteiger charge is 2.13. The van der Waals surface area contributed by atoms with Gasteiger partial charge in [-0.3, -0.25) is 0 Å². The first-order chi connectivity index (χ1) is 7.18. The first-order valence-corrected chi connectivity index (χ1v) is 6.22. The van der Waals surface area contributed by atoms with Crippen LogP contribution in [0.4, 0.5) is 0 Å². The van der Waals surface area contributed by atoms with E-state index in [1.807, 2.05) is 0 Å². The van der Waals surface area contributed by atoms with Gasteiger partial charge in [0.25, 0.3) is 0 Å². The Kier molecular flexibility index (Phi) is 5.95. The Bertz CT molecular complexity index is 191. The first kappa shape index (κ1) is 12.7. The van der Waals surface area contributed by atoms with Crippen LogP contribution < -0.4 is 10.6 Å². The highest BCUT2D eigenvalue weighted by Crippen LogP contribution is 2.11. The van der Waals surface area contributed by atoms with E-state index in [1.165, 1.54) is 12.8 Å². The largest absolute Gasteiger partial charge is 0.376 e. The summed E-state index contributed by atoms with van der Waals surface area (Å²) in [4.78, 5) is 0. The topological polar surface area (TPSA) is 33.3 Å². The summed E-state index contributed by atoms with van der Waals surface area (Å²) >= 11 is 5.16. The molecule has 1 atom stereocenters. The number of nitrogens with one attached hydrogen (secondary N) is 2. The van der Waals surface area contributed by atoms with Crippen LogP contribution in [0.2, 0.25) is 0 Å². The maximum atomic E-state index is 5.60. The van der Waals surface area contributed by atoms with Crippen molar-refractivity contribution in [2.45, 2.75) is 39.2 Å². The maximum Gasteiger partial charge on any atom is 0.166 e. The van der Waals surface area contributed by atoms with E-state index in [0.717, 1.165) is 31.2 Å². The number of rotatable bonds is 4. The second-order valence-electron chi connectivity index (χ2n) is 4.47. The lowest BCUT2D eigenvalue weighted by atomic mass is 10.1. The van der Waals surface area contributed by atoms with Crippen LogP contribution >= 0.6 is 12.2 Å². The second kappa shape index (κ2) is 7.01. The van der Waals surface area contributed by atoms with Crippen LogP contribution in [0.25, 0.3) is 0 Å².